The summed E-state index contributed by atoms with van der Waals surface area (Å²) in [5.41, 5.74) is 1.44. The number of thioether (sulfide) groups is 1. The van der Waals surface area contributed by atoms with Crippen LogP contribution in [-0.2, 0) is 6.42 Å². The Bertz CT molecular complexity index is 258. The normalized spacial score (nSPS) is 26.8. The van der Waals surface area contributed by atoms with Gasteiger partial charge >= 0.3 is 0 Å². The number of nitrogens with one attached hydrogen (secondary N) is 1. The van der Waals surface area contributed by atoms with Gasteiger partial charge in [-0.15, -0.1) is 0 Å². The van der Waals surface area contributed by atoms with Crippen LogP contribution in [0, 0.1) is 0 Å². The fourth-order valence-corrected chi connectivity index (χ4v) is 2.48. The molecule has 0 unspecified atom stereocenters. The van der Waals surface area contributed by atoms with Gasteiger partial charge in [0.1, 0.15) is 0 Å². The molecule has 70 valence electrons. The van der Waals surface area contributed by atoms with Crippen molar-refractivity contribution in [2.24, 2.45) is 0 Å². The fourth-order valence-electron chi connectivity index (χ4n) is 1.70. The molecular formula is C11H15NS. The van der Waals surface area contributed by atoms with Crippen molar-refractivity contribution in [3.63, 3.8) is 0 Å². The van der Waals surface area contributed by atoms with Gasteiger partial charge < -0.3 is 5.32 Å². The molecule has 1 N–H and O–H groups in total. The molecule has 2 atom stereocenters. The van der Waals surface area contributed by atoms with Gasteiger partial charge in [0.2, 0.25) is 0 Å². The summed E-state index contributed by atoms with van der Waals surface area (Å²) in [6.45, 7) is 1.18. The molecule has 13 heavy (non-hydrogen) atoms. The van der Waals surface area contributed by atoms with Gasteiger partial charge in [0.05, 0.1) is 0 Å². The monoisotopic (exact) mass is 193 g/mol. The molecule has 0 saturated carbocycles. The zero-order valence-corrected chi connectivity index (χ0v) is 8.68. The van der Waals surface area contributed by atoms with Gasteiger partial charge in [-0.05, 0) is 18.2 Å². The van der Waals surface area contributed by atoms with E-state index >= 15 is 0 Å². The SMILES string of the molecule is CS[C@H]1CN[C@@H]1Cc1ccccc1. The molecule has 0 spiro atoms. The second kappa shape index (κ2) is 4.16. The standard InChI is InChI=1S/C11H15NS/c1-13-11-8-12-10(11)7-9-5-3-2-4-6-9/h2-6,10-12H,7-8H2,1H3/t10-,11+/m1/s1. The lowest BCUT2D eigenvalue weighted by Gasteiger charge is -2.37. The molecule has 2 rings (SSSR count). The minimum atomic E-state index is 0.692. The maximum Gasteiger partial charge on any atom is 0.0326 e. The molecule has 1 aromatic carbocycles. The molecule has 1 aliphatic rings. The lowest BCUT2D eigenvalue weighted by Crippen LogP contribution is -2.56. The zero-order valence-electron chi connectivity index (χ0n) is 7.86. The summed E-state index contributed by atoms with van der Waals surface area (Å²) in [5.74, 6) is 0. The number of rotatable bonds is 3. The molecule has 0 aromatic heterocycles. The van der Waals surface area contributed by atoms with Crippen LogP contribution in [0.4, 0.5) is 0 Å². The Kier molecular flexibility index (Phi) is 2.91. The first-order valence-electron chi connectivity index (χ1n) is 4.70. The van der Waals surface area contributed by atoms with Crippen molar-refractivity contribution in [2.45, 2.75) is 17.7 Å². The van der Waals surface area contributed by atoms with Crippen LogP contribution < -0.4 is 5.32 Å². The first-order valence-corrected chi connectivity index (χ1v) is 5.99. The second-order valence-electron chi connectivity index (χ2n) is 3.48. The molecule has 1 heterocycles. The Balaban J connectivity index is 1.92. The predicted octanol–water partition coefficient (Wildman–Crippen LogP) is 1.93. The predicted molar refractivity (Wildman–Crippen MR) is 59.2 cm³/mol. The quantitative estimate of drug-likeness (QED) is 0.787. The van der Waals surface area contributed by atoms with Gasteiger partial charge in [-0.1, -0.05) is 30.3 Å². The highest BCUT2D eigenvalue weighted by Gasteiger charge is 2.28. The highest BCUT2D eigenvalue weighted by molar-refractivity contribution is 7.99. The summed E-state index contributed by atoms with van der Waals surface area (Å²) >= 11 is 1.98. The van der Waals surface area contributed by atoms with Crippen LogP contribution in [0.2, 0.25) is 0 Å². The molecule has 0 radical (unpaired) electrons. The van der Waals surface area contributed by atoms with E-state index in [-0.39, 0.29) is 0 Å². The van der Waals surface area contributed by atoms with E-state index in [4.69, 9.17) is 0 Å². The van der Waals surface area contributed by atoms with Gasteiger partial charge in [0.25, 0.3) is 0 Å². The number of hydrogen-bond acceptors (Lipinski definition) is 2. The third-order valence-electron chi connectivity index (χ3n) is 2.63. The average Bonchev–Trinajstić information content (AvgIpc) is 2.15. The van der Waals surface area contributed by atoms with Crippen LogP contribution in [0.1, 0.15) is 5.56 Å². The Hall–Kier alpha value is -0.470. The van der Waals surface area contributed by atoms with Crippen LogP contribution in [0.3, 0.4) is 0 Å². The Morgan fingerprint density at radius 1 is 1.38 bits per heavy atom. The van der Waals surface area contributed by atoms with Gasteiger partial charge in [-0.3, -0.25) is 0 Å². The lowest BCUT2D eigenvalue weighted by atomic mass is 9.98. The Labute approximate surface area is 83.9 Å². The summed E-state index contributed by atoms with van der Waals surface area (Å²) in [6.07, 6.45) is 3.37. The second-order valence-corrected chi connectivity index (χ2v) is 4.56. The van der Waals surface area contributed by atoms with Crippen LogP contribution >= 0.6 is 11.8 Å². The van der Waals surface area contributed by atoms with Gasteiger partial charge in [-0.2, -0.15) is 11.8 Å². The smallest absolute Gasteiger partial charge is 0.0326 e. The number of benzene rings is 1. The van der Waals surface area contributed by atoms with Crippen molar-refractivity contribution >= 4 is 11.8 Å². The van der Waals surface area contributed by atoms with Crippen molar-refractivity contribution in [1.29, 1.82) is 0 Å². The van der Waals surface area contributed by atoms with Crippen molar-refractivity contribution < 1.29 is 0 Å². The third-order valence-corrected chi connectivity index (χ3v) is 3.73. The topological polar surface area (TPSA) is 12.0 Å². The number of hydrogen-bond donors (Lipinski definition) is 1. The van der Waals surface area contributed by atoms with Gasteiger partial charge in [0, 0.05) is 17.8 Å². The van der Waals surface area contributed by atoms with E-state index in [0.29, 0.717) is 6.04 Å². The van der Waals surface area contributed by atoms with Crippen LogP contribution in [0.5, 0.6) is 0 Å². The Morgan fingerprint density at radius 2 is 2.15 bits per heavy atom. The molecule has 0 bridgehead atoms. The first kappa shape index (κ1) is 9.10. The molecule has 1 nitrogen and oxygen atoms in total. The average molecular weight is 193 g/mol. The van der Waals surface area contributed by atoms with Crippen molar-refractivity contribution in [3.8, 4) is 0 Å². The first-order chi connectivity index (χ1) is 6.40. The van der Waals surface area contributed by atoms with E-state index in [9.17, 15) is 0 Å². The summed E-state index contributed by atoms with van der Waals surface area (Å²) in [5, 5.41) is 4.29. The third kappa shape index (κ3) is 2.06. The molecule has 2 heteroatoms. The van der Waals surface area contributed by atoms with Crippen molar-refractivity contribution in [2.75, 3.05) is 12.8 Å². The Morgan fingerprint density at radius 3 is 2.69 bits per heavy atom. The molecular weight excluding hydrogens is 178 g/mol. The van der Waals surface area contributed by atoms with E-state index in [1.165, 1.54) is 18.5 Å². The minimum Gasteiger partial charge on any atom is -0.311 e. The van der Waals surface area contributed by atoms with E-state index < -0.39 is 0 Å². The molecule has 1 aliphatic heterocycles. The van der Waals surface area contributed by atoms with E-state index in [2.05, 4.69) is 41.9 Å². The summed E-state index contributed by atoms with van der Waals surface area (Å²) in [4.78, 5) is 0. The van der Waals surface area contributed by atoms with E-state index in [0.717, 1.165) is 5.25 Å². The maximum atomic E-state index is 3.47. The van der Waals surface area contributed by atoms with E-state index in [1.54, 1.807) is 0 Å². The molecule has 1 fully saturated rings. The highest BCUT2D eigenvalue weighted by Crippen LogP contribution is 2.21. The minimum absolute atomic E-state index is 0.692. The molecule has 1 aromatic rings. The molecule has 0 aliphatic carbocycles. The van der Waals surface area contributed by atoms with Crippen molar-refractivity contribution in [3.05, 3.63) is 35.9 Å². The van der Waals surface area contributed by atoms with Gasteiger partial charge in [-0.25, -0.2) is 0 Å². The maximum absolute atomic E-state index is 3.47. The highest BCUT2D eigenvalue weighted by atomic mass is 32.2. The fraction of sp³-hybridized carbons (Fsp3) is 0.455. The molecule has 0 amide bonds. The molecule has 1 saturated heterocycles. The van der Waals surface area contributed by atoms with Crippen LogP contribution in [0.25, 0.3) is 0 Å². The van der Waals surface area contributed by atoms with E-state index in [1.807, 2.05) is 11.8 Å². The lowest BCUT2D eigenvalue weighted by molar-refractivity contribution is 0.384. The van der Waals surface area contributed by atoms with Crippen LogP contribution in [0.15, 0.2) is 30.3 Å². The summed E-state index contributed by atoms with van der Waals surface area (Å²) < 4.78 is 0. The summed E-state index contributed by atoms with van der Waals surface area (Å²) in [6, 6.07) is 11.4. The van der Waals surface area contributed by atoms with Gasteiger partial charge in [0.15, 0.2) is 0 Å². The van der Waals surface area contributed by atoms with Crippen molar-refractivity contribution in [1.82, 2.24) is 5.32 Å². The summed E-state index contributed by atoms with van der Waals surface area (Å²) in [7, 11) is 0. The largest absolute Gasteiger partial charge is 0.311 e. The zero-order chi connectivity index (χ0) is 9.10. The van der Waals surface area contributed by atoms with Crippen LogP contribution in [-0.4, -0.2) is 24.1 Å².